The van der Waals surface area contributed by atoms with Gasteiger partial charge in [-0.25, -0.2) is 8.78 Å². The number of anilines is 1. The van der Waals surface area contributed by atoms with Crippen molar-refractivity contribution in [2.45, 2.75) is 32.0 Å². The van der Waals surface area contributed by atoms with Crippen LogP contribution in [-0.2, 0) is 22.7 Å². The Hall–Kier alpha value is -3.33. The summed E-state index contributed by atoms with van der Waals surface area (Å²) in [6, 6.07) is 8.60. The van der Waals surface area contributed by atoms with Crippen molar-refractivity contribution in [1.29, 1.82) is 0 Å². The van der Waals surface area contributed by atoms with Crippen LogP contribution in [0.5, 0.6) is 0 Å². The van der Waals surface area contributed by atoms with Gasteiger partial charge in [-0.05, 0) is 35.7 Å². The summed E-state index contributed by atoms with van der Waals surface area (Å²) in [5, 5.41) is 2.31. The highest BCUT2D eigenvalue weighted by Crippen LogP contribution is 2.29. The van der Waals surface area contributed by atoms with Crippen LogP contribution in [0.4, 0.5) is 14.5 Å². The van der Waals surface area contributed by atoms with Crippen LogP contribution in [0.1, 0.15) is 34.3 Å². The minimum atomic E-state index is -0.623. The summed E-state index contributed by atoms with van der Waals surface area (Å²) in [4.78, 5) is 42.1. The molecule has 3 amide bonds. The Bertz CT molecular complexity index is 1130. The highest BCUT2D eigenvalue weighted by Gasteiger charge is 2.39. The number of imide groups is 1. The lowest BCUT2D eigenvalue weighted by Crippen LogP contribution is -2.52. The zero-order chi connectivity index (χ0) is 23.1. The first-order valence-electron chi connectivity index (χ1n) is 11.1. The lowest BCUT2D eigenvalue weighted by atomic mass is 10.0. The molecule has 1 unspecified atom stereocenters. The van der Waals surface area contributed by atoms with Gasteiger partial charge < -0.3 is 9.80 Å². The van der Waals surface area contributed by atoms with E-state index in [0.29, 0.717) is 56.9 Å². The predicted molar refractivity (Wildman–Crippen MR) is 116 cm³/mol. The second-order valence-corrected chi connectivity index (χ2v) is 8.75. The van der Waals surface area contributed by atoms with Crippen LogP contribution < -0.4 is 10.2 Å². The molecule has 3 aliphatic rings. The standard InChI is InChI=1S/C24H24F2N4O3/c25-17-2-4-19(26)21(12-17)29-9-7-28(8-10-29)13-15-1-3-18-16(11-15)14-30(24(18)33)20-5-6-22(31)27-23(20)32/h1-4,11-12,20H,5-10,13-14H2,(H,27,31,32). The van der Waals surface area contributed by atoms with Crippen molar-refractivity contribution in [3.63, 3.8) is 0 Å². The maximum atomic E-state index is 14.1. The van der Waals surface area contributed by atoms with Crippen molar-refractivity contribution in [3.8, 4) is 0 Å². The number of piperidine rings is 1. The lowest BCUT2D eigenvalue weighted by Gasteiger charge is -2.36. The van der Waals surface area contributed by atoms with Gasteiger partial charge in [-0.2, -0.15) is 0 Å². The normalized spacial score (nSPS) is 21.4. The second-order valence-electron chi connectivity index (χ2n) is 8.75. The molecule has 5 rings (SSSR count). The molecule has 0 aliphatic carbocycles. The number of amides is 3. The molecule has 172 valence electrons. The summed E-state index contributed by atoms with van der Waals surface area (Å²) in [6.07, 6.45) is 0.570. The van der Waals surface area contributed by atoms with Gasteiger partial charge in [-0.15, -0.1) is 0 Å². The number of nitrogens with zero attached hydrogens (tertiary/aromatic N) is 3. The fourth-order valence-corrected chi connectivity index (χ4v) is 4.86. The minimum absolute atomic E-state index is 0.184. The van der Waals surface area contributed by atoms with Gasteiger partial charge >= 0.3 is 0 Å². The molecule has 2 aromatic carbocycles. The van der Waals surface area contributed by atoms with Crippen molar-refractivity contribution in [2.75, 3.05) is 31.1 Å². The number of nitrogens with one attached hydrogen (secondary N) is 1. The smallest absolute Gasteiger partial charge is 0.255 e. The van der Waals surface area contributed by atoms with E-state index in [9.17, 15) is 23.2 Å². The Morgan fingerprint density at radius 1 is 0.970 bits per heavy atom. The van der Waals surface area contributed by atoms with E-state index in [1.165, 1.54) is 6.07 Å². The Balaban J connectivity index is 1.22. The van der Waals surface area contributed by atoms with Crippen LogP contribution in [0, 0.1) is 11.6 Å². The highest BCUT2D eigenvalue weighted by molar-refractivity contribution is 6.05. The molecule has 3 aliphatic heterocycles. The molecule has 2 saturated heterocycles. The average Bonchev–Trinajstić information content (AvgIpc) is 3.11. The van der Waals surface area contributed by atoms with Gasteiger partial charge in [0.2, 0.25) is 11.8 Å². The summed E-state index contributed by atoms with van der Waals surface area (Å²) in [5.41, 5.74) is 2.81. The zero-order valence-electron chi connectivity index (χ0n) is 18.0. The first-order chi connectivity index (χ1) is 15.9. The van der Waals surface area contributed by atoms with Crippen molar-refractivity contribution < 1.29 is 23.2 Å². The molecular weight excluding hydrogens is 430 g/mol. The third kappa shape index (κ3) is 4.20. The minimum Gasteiger partial charge on any atom is -0.367 e. The van der Waals surface area contributed by atoms with Crippen LogP contribution in [0.2, 0.25) is 0 Å². The number of piperazine rings is 1. The molecule has 2 aromatic rings. The first-order valence-corrected chi connectivity index (χ1v) is 11.1. The molecular formula is C24H24F2N4O3. The molecule has 0 spiro atoms. The van der Waals surface area contributed by atoms with Crippen molar-refractivity contribution in [1.82, 2.24) is 15.1 Å². The van der Waals surface area contributed by atoms with Gasteiger partial charge in [-0.1, -0.05) is 12.1 Å². The second kappa shape index (κ2) is 8.55. The molecule has 0 saturated carbocycles. The Morgan fingerprint density at radius 3 is 2.52 bits per heavy atom. The van der Waals surface area contributed by atoms with Crippen molar-refractivity contribution >= 4 is 23.4 Å². The largest absolute Gasteiger partial charge is 0.367 e. The summed E-state index contributed by atoms with van der Waals surface area (Å²) < 4.78 is 27.6. The highest BCUT2D eigenvalue weighted by atomic mass is 19.1. The Morgan fingerprint density at radius 2 is 1.76 bits per heavy atom. The Labute approximate surface area is 189 Å². The van der Waals surface area contributed by atoms with E-state index < -0.39 is 23.6 Å². The monoisotopic (exact) mass is 454 g/mol. The number of hydrogen-bond acceptors (Lipinski definition) is 5. The summed E-state index contributed by atoms with van der Waals surface area (Å²) >= 11 is 0. The number of carbonyl (C=O) groups is 3. The number of benzene rings is 2. The lowest BCUT2D eigenvalue weighted by molar-refractivity contribution is -0.136. The number of carbonyl (C=O) groups excluding carboxylic acids is 3. The maximum absolute atomic E-state index is 14.1. The fourth-order valence-electron chi connectivity index (χ4n) is 4.86. The molecule has 1 atom stereocenters. The molecule has 7 nitrogen and oxygen atoms in total. The van der Waals surface area contributed by atoms with Crippen LogP contribution in [-0.4, -0.2) is 59.7 Å². The topological polar surface area (TPSA) is 73.0 Å². The first kappa shape index (κ1) is 21.5. The van der Waals surface area contributed by atoms with Crippen LogP contribution in [0.3, 0.4) is 0 Å². The van der Waals surface area contributed by atoms with Gasteiger partial charge in [0.15, 0.2) is 0 Å². The molecule has 0 bridgehead atoms. The quantitative estimate of drug-likeness (QED) is 0.716. The molecule has 0 aromatic heterocycles. The van der Waals surface area contributed by atoms with E-state index in [2.05, 4.69) is 10.2 Å². The Kier molecular flexibility index (Phi) is 5.57. The maximum Gasteiger partial charge on any atom is 0.255 e. The number of hydrogen-bond donors (Lipinski definition) is 1. The van der Waals surface area contributed by atoms with E-state index in [1.54, 1.807) is 11.0 Å². The van der Waals surface area contributed by atoms with Crippen molar-refractivity contribution in [3.05, 3.63) is 64.7 Å². The summed E-state index contributed by atoms with van der Waals surface area (Å²) in [5.74, 6) is -1.78. The third-order valence-corrected chi connectivity index (χ3v) is 6.62. The van der Waals surface area contributed by atoms with Crippen LogP contribution >= 0.6 is 0 Å². The van der Waals surface area contributed by atoms with E-state index in [4.69, 9.17) is 0 Å². The fraction of sp³-hybridized carbons (Fsp3) is 0.375. The summed E-state index contributed by atoms with van der Waals surface area (Å²) in [6.45, 7) is 3.61. The van der Waals surface area contributed by atoms with E-state index in [0.717, 1.165) is 23.3 Å². The third-order valence-electron chi connectivity index (χ3n) is 6.62. The van der Waals surface area contributed by atoms with Gasteiger partial charge in [0.25, 0.3) is 5.91 Å². The average molecular weight is 454 g/mol. The predicted octanol–water partition coefficient (Wildman–Crippen LogP) is 2.05. The molecule has 33 heavy (non-hydrogen) atoms. The molecule has 1 N–H and O–H groups in total. The molecule has 3 heterocycles. The van der Waals surface area contributed by atoms with Crippen molar-refractivity contribution in [2.24, 2.45) is 0 Å². The SMILES string of the molecule is O=C1CCC(N2Cc3cc(CN4CCN(c5cc(F)ccc5F)CC4)ccc3C2=O)C(=O)N1. The van der Waals surface area contributed by atoms with E-state index in [1.807, 2.05) is 17.0 Å². The van der Waals surface area contributed by atoms with Gasteiger partial charge in [0.1, 0.15) is 17.7 Å². The van der Waals surface area contributed by atoms with Gasteiger partial charge in [0.05, 0.1) is 5.69 Å². The van der Waals surface area contributed by atoms with E-state index in [-0.39, 0.29) is 18.2 Å². The van der Waals surface area contributed by atoms with Crippen LogP contribution in [0.15, 0.2) is 36.4 Å². The zero-order valence-corrected chi connectivity index (χ0v) is 18.0. The summed E-state index contributed by atoms with van der Waals surface area (Å²) in [7, 11) is 0. The molecule has 0 radical (unpaired) electrons. The number of halogens is 2. The van der Waals surface area contributed by atoms with Gasteiger partial charge in [-0.3, -0.25) is 24.6 Å². The number of rotatable bonds is 4. The van der Waals surface area contributed by atoms with Gasteiger partial charge in [0, 0.05) is 57.3 Å². The number of fused-ring (bicyclic) bond motifs is 1. The van der Waals surface area contributed by atoms with Crippen LogP contribution in [0.25, 0.3) is 0 Å². The molecule has 9 heteroatoms. The van der Waals surface area contributed by atoms with E-state index >= 15 is 0 Å². The molecule has 2 fully saturated rings.